The van der Waals surface area contributed by atoms with Gasteiger partial charge in [0, 0.05) is 30.9 Å². The van der Waals surface area contributed by atoms with Crippen LogP contribution < -0.4 is 0 Å². The first kappa shape index (κ1) is 13.2. The molecule has 2 nitrogen and oxygen atoms in total. The van der Waals surface area contributed by atoms with E-state index in [1.165, 1.54) is 5.69 Å². The van der Waals surface area contributed by atoms with Crippen molar-refractivity contribution in [1.82, 2.24) is 4.57 Å². The lowest BCUT2D eigenvalue weighted by Crippen LogP contribution is -2.25. The Morgan fingerprint density at radius 1 is 1.33 bits per heavy atom. The molecule has 0 bridgehead atoms. The van der Waals surface area contributed by atoms with Crippen LogP contribution in [-0.2, 0) is 16.7 Å². The van der Waals surface area contributed by atoms with Gasteiger partial charge in [0.25, 0.3) is 0 Å². The minimum absolute atomic E-state index is 0.139. The van der Waals surface area contributed by atoms with Crippen molar-refractivity contribution in [2.75, 3.05) is 13.2 Å². The summed E-state index contributed by atoms with van der Waals surface area (Å²) in [6.07, 6.45) is 7.91. The maximum absolute atomic E-state index is 5.62. The average Bonchev–Trinajstić information content (AvgIpc) is 2.73. The number of hydrogen-bond donors (Lipinski definition) is 0. The van der Waals surface area contributed by atoms with E-state index < -0.39 is 0 Å². The molecule has 1 saturated heterocycles. The molecule has 1 aliphatic heterocycles. The van der Waals surface area contributed by atoms with Crippen LogP contribution >= 0.6 is 0 Å². The molecule has 0 spiro atoms. The highest BCUT2D eigenvalue weighted by atomic mass is 16.5. The molecular formula is C16H23NO. The van der Waals surface area contributed by atoms with Gasteiger partial charge in [0.15, 0.2) is 0 Å². The zero-order valence-corrected chi connectivity index (χ0v) is 11.7. The van der Waals surface area contributed by atoms with Crippen LogP contribution in [0.1, 0.15) is 45.0 Å². The van der Waals surface area contributed by atoms with Gasteiger partial charge in [-0.2, -0.15) is 0 Å². The summed E-state index contributed by atoms with van der Waals surface area (Å²) < 4.78 is 7.75. The van der Waals surface area contributed by atoms with Crippen LogP contribution in [0.3, 0.4) is 0 Å². The van der Waals surface area contributed by atoms with Gasteiger partial charge in [-0.05, 0) is 30.9 Å². The first-order valence-corrected chi connectivity index (χ1v) is 6.76. The third-order valence-corrected chi connectivity index (χ3v) is 3.68. The lowest BCUT2D eigenvalue weighted by atomic mass is 9.91. The van der Waals surface area contributed by atoms with Gasteiger partial charge in [-0.3, -0.25) is 0 Å². The molecular weight excluding hydrogens is 222 g/mol. The van der Waals surface area contributed by atoms with Gasteiger partial charge < -0.3 is 9.30 Å². The smallest absolute Gasteiger partial charge is 0.0919 e. The molecule has 1 fully saturated rings. The first-order chi connectivity index (χ1) is 8.52. The topological polar surface area (TPSA) is 14.2 Å². The minimum atomic E-state index is 0.139. The summed E-state index contributed by atoms with van der Waals surface area (Å²) in [6, 6.07) is 4.24. The molecule has 1 aliphatic rings. The van der Waals surface area contributed by atoms with Crippen molar-refractivity contribution in [1.29, 1.82) is 0 Å². The molecule has 2 heterocycles. The molecule has 0 atom stereocenters. The van der Waals surface area contributed by atoms with E-state index >= 15 is 0 Å². The Balaban J connectivity index is 2.24. The Bertz CT molecular complexity index is 439. The van der Waals surface area contributed by atoms with Crippen LogP contribution in [0.4, 0.5) is 0 Å². The Morgan fingerprint density at radius 2 is 2.00 bits per heavy atom. The molecule has 0 aromatic carbocycles. The highest BCUT2D eigenvalue weighted by Crippen LogP contribution is 2.27. The lowest BCUT2D eigenvalue weighted by molar-refractivity contribution is 0.0608. The molecule has 2 heteroatoms. The Hall–Kier alpha value is -1.20. The molecule has 0 amide bonds. The van der Waals surface area contributed by atoms with E-state index in [2.05, 4.69) is 43.4 Å². The van der Waals surface area contributed by atoms with Crippen molar-refractivity contribution in [2.45, 2.75) is 45.6 Å². The minimum Gasteiger partial charge on any atom is -0.381 e. The van der Waals surface area contributed by atoms with Gasteiger partial charge in [0.2, 0.25) is 0 Å². The maximum Gasteiger partial charge on any atom is 0.0919 e. The number of rotatable bonds is 2. The standard InChI is InChI=1S/C16H23NO/c1-5-14-6-7-15(16(2,3)4)17(14)12-13-8-10-18-11-9-13/h1,6-7,13H,8-12H2,2-4H3. The van der Waals surface area contributed by atoms with Crippen molar-refractivity contribution in [3.63, 3.8) is 0 Å². The number of nitrogens with zero attached hydrogens (tertiary/aromatic N) is 1. The van der Waals surface area contributed by atoms with Crippen molar-refractivity contribution >= 4 is 0 Å². The number of aromatic nitrogens is 1. The number of hydrogen-bond acceptors (Lipinski definition) is 1. The van der Waals surface area contributed by atoms with Crippen LogP contribution in [0.25, 0.3) is 0 Å². The van der Waals surface area contributed by atoms with Crippen molar-refractivity contribution in [3.05, 3.63) is 23.5 Å². The quantitative estimate of drug-likeness (QED) is 0.730. The van der Waals surface area contributed by atoms with Crippen molar-refractivity contribution in [3.8, 4) is 12.3 Å². The molecule has 0 N–H and O–H groups in total. The molecule has 1 aromatic rings. The zero-order chi connectivity index (χ0) is 13.2. The van der Waals surface area contributed by atoms with Crippen LogP contribution in [0.2, 0.25) is 0 Å². The van der Waals surface area contributed by atoms with Gasteiger partial charge in [-0.15, -0.1) is 6.42 Å². The van der Waals surface area contributed by atoms with E-state index in [9.17, 15) is 0 Å². The molecule has 0 radical (unpaired) electrons. The summed E-state index contributed by atoms with van der Waals surface area (Å²) in [7, 11) is 0. The summed E-state index contributed by atoms with van der Waals surface area (Å²) in [6.45, 7) is 9.53. The normalized spacial score (nSPS) is 17.7. The van der Waals surface area contributed by atoms with Crippen LogP contribution in [0.15, 0.2) is 12.1 Å². The molecule has 1 aromatic heterocycles. The second-order valence-electron chi connectivity index (χ2n) is 6.16. The maximum atomic E-state index is 5.62. The van der Waals surface area contributed by atoms with Crippen LogP contribution in [0.5, 0.6) is 0 Å². The monoisotopic (exact) mass is 245 g/mol. The number of ether oxygens (including phenoxy) is 1. The van der Waals surface area contributed by atoms with Gasteiger partial charge in [0.05, 0.1) is 5.69 Å². The SMILES string of the molecule is C#Cc1ccc(C(C)(C)C)n1CC1CCOCC1. The van der Waals surface area contributed by atoms with E-state index in [-0.39, 0.29) is 5.41 Å². The van der Waals surface area contributed by atoms with E-state index in [4.69, 9.17) is 11.2 Å². The molecule has 18 heavy (non-hydrogen) atoms. The highest BCUT2D eigenvalue weighted by molar-refractivity contribution is 5.32. The fourth-order valence-electron chi connectivity index (χ4n) is 2.63. The number of terminal acetylenes is 1. The third-order valence-electron chi connectivity index (χ3n) is 3.68. The van der Waals surface area contributed by atoms with Crippen LogP contribution in [0, 0.1) is 18.3 Å². The largest absolute Gasteiger partial charge is 0.381 e. The predicted molar refractivity (Wildman–Crippen MR) is 74.6 cm³/mol. The van der Waals surface area contributed by atoms with E-state index in [1.807, 2.05) is 0 Å². The van der Waals surface area contributed by atoms with Gasteiger partial charge >= 0.3 is 0 Å². The first-order valence-electron chi connectivity index (χ1n) is 6.76. The zero-order valence-electron chi connectivity index (χ0n) is 11.7. The third kappa shape index (κ3) is 2.79. The second-order valence-corrected chi connectivity index (χ2v) is 6.16. The molecule has 0 saturated carbocycles. The van der Waals surface area contributed by atoms with E-state index in [0.717, 1.165) is 38.3 Å². The summed E-state index contributed by atoms with van der Waals surface area (Å²) in [5.41, 5.74) is 2.48. The summed E-state index contributed by atoms with van der Waals surface area (Å²) in [4.78, 5) is 0. The average molecular weight is 245 g/mol. The molecule has 2 rings (SSSR count). The fraction of sp³-hybridized carbons (Fsp3) is 0.625. The fourth-order valence-corrected chi connectivity index (χ4v) is 2.63. The Kier molecular flexibility index (Phi) is 3.82. The molecule has 0 aliphatic carbocycles. The second kappa shape index (κ2) is 5.20. The van der Waals surface area contributed by atoms with Crippen LogP contribution in [-0.4, -0.2) is 17.8 Å². The van der Waals surface area contributed by atoms with Crippen molar-refractivity contribution < 1.29 is 4.74 Å². The van der Waals surface area contributed by atoms with Crippen molar-refractivity contribution in [2.24, 2.45) is 5.92 Å². The van der Waals surface area contributed by atoms with Gasteiger partial charge in [-0.1, -0.05) is 26.7 Å². The Labute approximate surface area is 110 Å². The van der Waals surface area contributed by atoms with Gasteiger partial charge in [0.1, 0.15) is 0 Å². The lowest BCUT2D eigenvalue weighted by Gasteiger charge is -2.27. The predicted octanol–water partition coefficient (Wildman–Crippen LogP) is 3.19. The van der Waals surface area contributed by atoms with Gasteiger partial charge in [-0.25, -0.2) is 0 Å². The van der Waals surface area contributed by atoms with E-state index in [0.29, 0.717) is 5.92 Å². The molecule has 98 valence electrons. The summed E-state index contributed by atoms with van der Waals surface area (Å²) in [5.74, 6) is 3.50. The highest BCUT2D eigenvalue weighted by Gasteiger charge is 2.22. The Morgan fingerprint density at radius 3 is 2.56 bits per heavy atom. The summed E-state index contributed by atoms with van der Waals surface area (Å²) in [5, 5.41) is 0. The molecule has 0 unspecified atom stereocenters. The summed E-state index contributed by atoms with van der Waals surface area (Å²) >= 11 is 0. The van der Waals surface area contributed by atoms with E-state index in [1.54, 1.807) is 0 Å².